The van der Waals surface area contributed by atoms with Crippen molar-refractivity contribution in [3.63, 3.8) is 0 Å². The molecule has 4 nitrogen and oxygen atoms in total. The summed E-state index contributed by atoms with van der Waals surface area (Å²) in [4.78, 5) is 11.5. The van der Waals surface area contributed by atoms with Gasteiger partial charge in [-0.15, -0.1) is 10.2 Å². The van der Waals surface area contributed by atoms with Crippen molar-refractivity contribution in [3.05, 3.63) is 48.0 Å². The minimum absolute atomic E-state index is 0.349. The van der Waals surface area contributed by atoms with E-state index in [1.54, 1.807) is 18.2 Å². The van der Waals surface area contributed by atoms with E-state index in [2.05, 4.69) is 10.2 Å². The Labute approximate surface area is 103 Å². The smallest absolute Gasteiger partial charge is 0.337 e. The third kappa shape index (κ3) is 1.59. The lowest BCUT2D eigenvalue weighted by Gasteiger charge is -2.04. The maximum Gasteiger partial charge on any atom is 0.337 e. The molecular formula is C14H10N2O2. The van der Waals surface area contributed by atoms with Crippen LogP contribution in [0.1, 0.15) is 10.4 Å². The Morgan fingerprint density at radius 2 is 1.72 bits per heavy atom. The van der Waals surface area contributed by atoms with Gasteiger partial charge in [-0.25, -0.2) is 4.79 Å². The number of esters is 1. The molecule has 2 aromatic carbocycles. The van der Waals surface area contributed by atoms with E-state index in [-0.39, 0.29) is 5.97 Å². The van der Waals surface area contributed by atoms with Gasteiger partial charge in [-0.3, -0.25) is 0 Å². The third-order valence-electron chi connectivity index (χ3n) is 2.88. The minimum atomic E-state index is -0.349. The highest BCUT2D eigenvalue weighted by Gasteiger charge is 2.08. The Hall–Kier alpha value is -2.49. The van der Waals surface area contributed by atoms with E-state index < -0.39 is 0 Å². The average Bonchev–Trinajstić information content (AvgIpc) is 2.45. The fourth-order valence-electron chi connectivity index (χ4n) is 1.98. The van der Waals surface area contributed by atoms with Crippen molar-refractivity contribution >= 4 is 27.8 Å². The fraction of sp³-hybridized carbons (Fsp3) is 0.0714. The van der Waals surface area contributed by atoms with Gasteiger partial charge in [0.25, 0.3) is 0 Å². The number of aromatic nitrogens is 2. The molecule has 0 spiro atoms. The van der Waals surface area contributed by atoms with E-state index in [1.165, 1.54) is 7.11 Å². The van der Waals surface area contributed by atoms with Gasteiger partial charge in [0.1, 0.15) is 0 Å². The van der Waals surface area contributed by atoms with Crippen molar-refractivity contribution in [2.24, 2.45) is 0 Å². The molecule has 0 radical (unpaired) electrons. The fourth-order valence-corrected chi connectivity index (χ4v) is 1.98. The normalized spacial score (nSPS) is 10.7. The molecule has 88 valence electrons. The zero-order chi connectivity index (χ0) is 12.5. The molecule has 0 unspecified atom stereocenters. The van der Waals surface area contributed by atoms with Crippen molar-refractivity contribution in [1.29, 1.82) is 0 Å². The molecule has 18 heavy (non-hydrogen) atoms. The third-order valence-corrected chi connectivity index (χ3v) is 2.88. The van der Waals surface area contributed by atoms with Crippen LogP contribution in [0.5, 0.6) is 0 Å². The summed E-state index contributed by atoms with van der Waals surface area (Å²) in [6.45, 7) is 0. The predicted molar refractivity (Wildman–Crippen MR) is 68.4 cm³/mol. The van der Waals surface area contributed by atoms with Crippen molar-refractivity contribution in [3.8, 4) is 0 Å². The zero-order valence-corrected chi connectivity index (χ0v) is 9.75. The first kappa shape index (κ1) is 10.7. The summed E-state index contributed by atoms with van der Waals surface area (Å²) in [6.07, 6.45) is 0. The van der Waals surface area contributed by atoms with Gasteiger partial charge in [0.2, 0.25) is 0 Å². The largest absolute Gasteiger partial charge is 0.465 e. The second-order valence-electron chi connectivity index (χ2n) is 3.94. The average molecular weight is 238 g/mol. The standard InChI is InChI=1S/C14H10N2O2/c1-18-14(17)9-6-7-13-11(8-9)10-4-2-3-5-12(10)15-16-13/h2-8H,1H3. The van der Waals surface area contributed by atoms with E-state index in [0.717, 1.165) is 21.8 Å². The number of methoxy groups -OCH3 is 1. The summed E-state index contributed by atoms with van der Waals surface area (Å²) in [7, 11) is 1.37. The molecule has 1 heterocycles. The summed E-state index contributed by atoms with van der Waals surface area (Å²) in [6, 6.07) is 13.0. The van der Waals surface area contributed by atoms with Crippen LogP contribution in [-0.4, -0.2) is 23.3 Å². The van der Waals surface area contributed by atoms with Gasteiger partial charge < -0.3 is 4.74 Å². The molecule has 0 amide bonds. The van der Waals surface area contributed by atoms with Crippen molar-refractivity contribution in [1.82, 2.24) is 10.2 Å². The van der Waals surface area contributed by atoms with Crippen molar-refractivity contribution < 1.29 is 9.53 Å². The van der Waals surface area contributed by atoms with Gasteiger partial charge in [0.15, 0.2) is 0 Å². The molecule has 0 aliphatic heterocycles. The monoisotopic (exact) mass is 238 g/mol. The highest BCUT2D eigenvalue weighted by molar-refractivity contribution is 6.06. The Morgan fingerprint density at radius 3 is 2.50 bits per heavy atom. The van der Waals surface area contributed by atoms with Gasteiger partial charge in [0.05, 0.1) is 23.7 Å². The summed E-state index contributed by atoms with van der Waals surface area (Å²) in [5, 5.41) is 10.2. The molecule has 0 saturated heterocycles. The number of benzene rings is 2. The van der Waals surface area contributed by atoms with Gasteiger partial charge in [-0.2, -0.15) is 0 Å². The lowest BCUT2D eigenvalue weighted by molar-refractivity contribution is 0.0601. The van der Waals surface area contributed by atoms with E-state index in [9.17, 15) is 4.79 Å². The number of fused-ring (bicyclic) bond motifs is 3. The SMILES string of the molecule is COC(=O)c1ccc2nnc3ccccc3c2c1. The zero-order valence-electron chi connectivity index (χ0n) is 9.75. The molecule has 0 N–H and O–H groups in total. The van der Waals surface area contributed by atoms with Crippen molar-refractivity contribution in [2.45, 2.75) is 0 Å². The van der Waals surface area contributed by atoms with E-state index in [1.807, 2.05) is 24.3 Å². The number of rotatable bonds is 1. The topological polar surface area (TPSA) is 52.1 Å². The summed E-state index contributed by atoms with van der Waals surface area (Å²) in [5.41, 5.74) is 2.09. The maximum absolute atomic E-state index is 11.5. The van der Waals surface area contributed by atoms with Gasteiger partial charge in [-0.1, -0.05) is 18.2 Å². The van der Waals surface area contributed by atoms with Gasteiger partial charge >= 0.3 is 5.97 Å². The lowest BCUT2D eigenvalue weighted by Crippen LogP contribution is -2.01. The summed E-state index contributed by atoms with van der Waals surface area (Å²) in [5.74, 6) is -0.349. The molecule has 0 atom stereocenters. The number of hydrogen-bond acceptors (Lipinski definition) is 4. The van der Waals surface area contributed by atoms with Crippen molar-refractivity contribution in [2.75, 3.05) is 7.11 Å². The number of carbonyl (C=O) groups excluding carboxylic acids is 1. The van der Waals surface area contributed by atoms with E-state index in [0.29, 0.717) is 5.56 Å². The molecule has 1 aromatic heterocycles. The van der Waals surface area contributed by atoms with Crippen LogP contribution >= 0.6 is 0 Å². The van der Waals surface area contributed by atoms with Crippen LogP contribution in [0.2, 0.25) is 0 Å². The molecule has 0 bridgehead atoms. The first-order valence-corrected chi connectivity index (χ1v) is 5.53. The van der Waals surface area contributed by atoms with Crippen LogP contribution in [0.4, 0.5) is 0 Å². The second kappa shape index (κ2) is 4.07. The Balaban J connectivity index is 2.36. The van der Waals surface area contributed by atoms with E-state index in [4.69, 9.17) is 4.74 Å². The van der Waals surface area contributed by atoms with Crippen LogP contribution in [0.3, 0.4) is 0 Å². The van der Waals surface area contributed by atoms with Crippen LogP contribution < -0.4 is 0 Å². The summed E-state index contributed by atoms with van der Waals surface area (Å²) >= 11 is 0. The quantitative estimate of drug-likeness (QED) is 0.483. The molecular weight excluding hydrogens is 228 g/mol. The molecule has 3 rings (SSSR count). The van der Waals surface area contributed by atoms with Gasteiger partial charge in [0, 0.05) is 10.8 Å². The maximum atomic E-state index is 11.5. The molecule has 0 aliphatic carbocycles. The van der Waals surface area contributed by atoms with Gasteiger partial charge in [-0.05, 0) is 24.3 Å². The van der Waals surface area contributed by atoms with Crippen LogP contribution in [0.25, 0.3) is 21.8 Å². The summed E-state index contributed by atoms with van der Waals surface area (Å²) < 4.78 is 4.72. The minimum Gasteiger partial charge on any atom is -0.465 e. The highest BCUT2D eigenvalue weighted by Crippen LogP contribution is 2.22. The molecule has 0 aliphatic rings. The molecule has 0 fully saturated rings. The van der Waals surface area contributed by atoms with Crippen LogP contribution in [0, 0.1) is 0 Å². The highest BCUT2D eigenvalue weighted by atomic mass is 16.5. The second-order valence-corrected chi connectivity index (χ2v) is 3.94. The Morgan fingerprint density at radius 1 is 1.00 bits per heavy atom. The first-order valence-electron chi connectivity index (χ1n) is 5.53. The lowest BCUT2D eigenvalue weighted by atomic mass is 10.1. The number of ether oxygens (including phenoxy) is 1. The molecule has 0 saturated carbocycles. The number of carbonyl (C=O) groups is 1. The Bertz CT molecular complexity index is 753. The Kier molecular flexibility index (Phi) is 2.41. The number of nitrogens with zero attached hydrogens (tertiary/aromatic N) is 2. The van der Waals surface area contributed by atoms with E-state index >= 15 is 0 Å². The molecule has 4 heteroatoms. The first-order chi connectivity index (χ1) is 8.79. The van der Waals surface area contributed by atoms with Crippen LogP contribution in [-0.2, 0) is 4.74 Å². The van der Waals surface area contributed by atoms with Crippen LogP contribution in [0.15, 0.2) is 42.5 Å². The molecule has 3 aromatic rings. The number of hydrogen-bond donors (Lipinski definition) is 0. The predicted octanol–water partition coefficient (Wildman–Crippen LogP) is 2.57.